The SMILES string of the molecule is CN(c1ccccc1/C=C/C(=O)O)[C@H]1C[C@H]2CCC[C@@H](C1)N2[C@H]1C[C@@H]2CCC[C@@H](C2)C1. The van der Waals surface area contributed by atoms with Gasteiger partial charge in [0.05, 0.1) is 0 Å². The van der Waals surface area contributed by atoms with Gasteiger partial charge in [0.25, 0.3) is 0 Å². The molecule has 2 saturated carbocycles. The summed E-state index contributed by atoms with van der Waals surface area (Å²) in [5.41, 5.74) is 2.16. The Bertz CT molecular complexity index is 795. The molecule has 2 saturated heterocycles. The number of para-hydroxylation sites is 1. The molecule has 1 aromatic rings. The molecule has 0 aromatic heterocycles. The molecule has 2 aliphatic heterocycles. The van der Waals surface area contributed by atoms with Crippen LogP contribution in [0.25, 0.3) is 6.08 Å². The number of hydrogen-bond donors (Lipinski definition) is 1. The van der Waals surface area contributed by atoms with Crippen LogP contribution in [0, 0.1) is 11.8 Å². The summed E-state index contributed by atoms with van der Waals surface area (Å²) in [6.07, 6.45) is 18.4. The van der Waals surface area contributed by atoms with Crippen LogP contribution < -0.4 is 4.90 Å². The zero-order chi connectivity index (χ0) is 21.4. The first-order valence-corrected chi connectivity index (χ1v) is 12.6. The van der Waals surface area contributed by atoms with Gasteiger partial charge in [-0.25, -0.2) is 4.79 Å². The normalized spacial score (nSPS) is 35.8. The molecule has 0 amide bonds. The fourth-order valence-electron chi connectivity index (χ4n) is 7.55. The van der Waals surface area contributed by atoms with Crippen LogP contribution in [0.15, 0.2) is 30.3 Å². The van der Waals surface area contributed by atoms with Crippen LogP contribution in [0.2, 0.25) is 0 Å². The van der Waals surface area contributed by atoms with Gasteiger partial charge in [0.1, 0.15) is 0 Å². The third-order valence-electron chi connectivity index (χ3n) is 8.80. The fraction of sp³-hybridized carbons (Fsp3) is 0.667. The van der Waals surface area contributed by atoms with Crippen molar-refractivity contribution >= 4 is 17.7 Å². The van der Waals surface area contributed by atoms with Crippen molar-refractivity contribution in [3.63, 3.8) is 0 Å². The molecule has 0 spiro atoms. The Morgan fingerprint density at radius 3 is 2.26 bits per heavy atom. The Kier molecular flexibility index (Phi) is 6.10. The van der Waals surface area contributed by atoms with Gasteiger partial charge < -0.3 is 10.0 Å². The van der Waals surface area contributed by atoms with Crippen molar-refractivity contribution in [2.45, 2.75) is 94.8 Å². The molecule has 0 unspecified atom stereocenters. The van der Waals surface area contributed by atoms with Crippen molar-refractivity contribution in [2.24, 2.45) is 11.8 Å². The van der Waals surface area contributed by atoms with Crippen LogP contribution in [-0.4, -0.2) is 47.2 Å². The zero-order valence-electron chi connectivity index (χ0n) is 19.0. The molecule has 4 nitrogen and oxygen atoms in total. The van der Waals surface area contributed by atoms with Gasteiger partial charge in [-0.15, -0.1) is 0 Å². The van der Waals surface area contributed by atoms with Gasteiger partial charge in [-0.2, -0.15) is 0 Å². The Morgan fingerprint density at radius 2 is 1.58 bits per heavy atom. The minimum absolute atomic E-state index is 0.536. The Labute approximate surface area is 187 Å². The van der Waals surface area contributed by atoms with Crippen LogP contribution in [0.5, 0.6) is 0 Å². The van der Waals surface area contributed by atoms with Crippen LogP contribution in [0.4, 0.5) is 5.69 Å². The molecule has 4 fully saturated rings. The van der Waals surface area contributed by atoms with Gasteiger partial charge in [0, 0.05) is 43.0 Å². The molecule has 6 atom stereocenters. The maximum atomic E-state index is 11.0. The van der Waals surface area contributed by atoms with E-state index in [2.05, 4.69) is 29.0 Å². The lowest BCUT2D eigenvalue weighted by Crippen LogP contribution is -2.61. The van der Waals surface area contributed by atoms with Crippen molar-refractivity contribution in [1.82, 2.24) is 4.90 Å². The van der Waals surface area contributed by atoms with E-state index in [4.69, 9.17) is 5.11 Å². The highest BCUT2D eigenvalue weighted by Crippen LogP contribution is 2.46. The van der Waals surface area contributed by atoms with E-state index in [-0.39, 0.29) is 0 Å². The predicted molar refractivity (Wildman–Crippen MR) is 126 cm³/mol. The average molecular weight is 423 g/mol. The number of aliphatic carboxylic acids is 1. The molecule has 1 aromatic carbocycles. The van der Waals surface area contributed by atoms with Crippen LogP contribution in [0.3, 0.4) is 0 Å². The summed E-state index contributed by atoms with van der Waals surface area (Å²) in [5, 5.41) is 9.07. The smallest absolute Gasteiger partial charge is 0.328 e. The number of anilines is 1. The first-order valence-electron chi connectivity index (χ1n) is 12.6. The highest BCUT2D eigenvalue weighted by Gasteiger charge is 2.45. The molecule has 4 bridgehead atoms. The molecule has 4 aliphatic rings. The number of rotatable bonds is 5. The molecule has 31 heavy (non-hydrogen) atoms. The lowest BCUT2D eigenvalue weighted by molar-refractivity contribution is -0.131. The number of benzene rings is 1. The van der Waals surface area contributed by atoms with Crippen molar-refractivity contribution < 1.29 is 9.90 Å². The second-order valence-electron chi connectivity index (χ2n) is 10.7. The van der Waals surface area contributed by atoms with Crippen molar-refractivity contribution in [1.29, 1.82) is 0 Å². The monoisotopic (exact) mass is 422 g/mol. The van der Waals surface area contributed by atoms with E-state index in [9.17, 15) is 4.79 Å². The highest BCUT2D eigenvalue weighted by molar-refractivity contribution is 5.87. The molecule has 2 heterocycles. The second kappa shape index (κ2) is 8.97. The number of hydrogen-bond acceptors (Lipinski definition) is 3. The predicted octanol–water partition coefficient (Wildman–Crippen LogP) is 5.57. The lowest BCUT2D eigenvalue weighted by atomic mass is 9.68. The van der Waals surface area contributed by atoms with E-state index in [1.54, 1.807) is 6.08 Å². The Hall–Kier alpha value is -1.81. The summed E-state index contributed by atoms with van der Waals surface area (Å²) >= 11 is 0. The van der Waals surface area contributed by atoms with Crippen molar-refractivity contribution in [2.75, 3.05) is 11.9 Å². The van der Waals surface area contributed by atoms with E-state index < -0.39 is 5.97 Å². The molecule has 0 radical (unpaired) electrons. The summed E-state index contributed by atoms with van der Waals surface area (Å²) in [4.78, 5) is 16.5. The first-order chi connectivity index (χ1) is 15.1. The average Bonchev–Trinajstić information content (AvgIpc) is 2.76. The quantitative estimate of drug-likeness (QED) is 0.630. The second-order valence-corrected chi connectivity index (χ2v) is 10.7. The number of nitrogens with zero attached hydrogens (tertiary/aromatic N) is 2. The summed E-state index contributed by atoms with van der Waals surface area (Å²) in [6.45, 7) is 0. The Balaban J connectivity index is 1.32. The molecular weight excluding hydrogens is 384 g/mol. The molecule has 5 rings (SSSR count). The summed E-state index contributed by atoms with van der Waals surface area (Å²) in [7, 11) is 2.22. The third kappa shape index (κ3) is 4.41. The Morgan fingerprint density at radius 1 is 0.935 bits per heavy atom. The largest absolute Gasteiger partial charge is 0.478 e. The van der Waals surface area contributed by atoms with Gasteiger partial charge in [-0.05, 0) is 74.5 Å². The van der Waals surface area contributed by atoms with Crippen molar-refractivity contribution in [3.05, 3.63) is 35.9 Å². The lowest BCUT2D eigenvalue weighted by Gasteiger charge is -2.56. The van der Waals surface area contributed by atoms with Crippen molar-refractivity contribution in [3.8, 4) is 0 Å². The van der Waals surface area contributed by atoms with E-state index >= 15 is 0 Å². The number of carbonyl (C=O) groups is 1. The number of carboxylic acid groups (broad SMARTS) is 1. The number of piperidine rings is 2. The minimum Gasteiger partial charge on any atom is -0.478 e. The summed E-state index contributed by atoms with van der Waals surface area (Å²) < 4.78 is 0. The van der Waals surface area contributed by atoms with Gasteiger partial charge in [0.15, 0.2) is 0 Å². The molecule has 168 valence electrons. The molecule has 4 heteroatoms. The van der Waals surface area contributed by atoms with Gasteiger partial charge in [0.2, 0.25) is 0 Å². The minimum atomic E-state index is -0.891. The van der Waals surface area contributed by atoms with Crippen LogP contribution in [-0.2, 0) is 4.79 Å². The summed E-state index contributed by atoms with van der Waals surface area (Å²) in [6, 6.07) is 11.1. The van der Waals surface area contributed by atoms with Crippen LogP contribution in [0.1, 0.15) is 76.2 Å². The van der Waals surface area contributed by atoms with Crippen LogP contribution >= 0.6 is 0 Å². The summed E-state index contributed by atoms with van der Waals surface area (Å²) in [5.74, 6) is 1.09. The van der Waals surface area contributed by atoms with E-state index in [1.807, 2.05) is 12.1 Å². The van der Waals surface area contributed by atoms with Gasteiger partial charge in [-0.3, -0.25) is 4.90 Å². The number of carboxylic acids is 1. The maximum absolute atomic E-state index is 11.0. The molecular formula is C27H38N2O2. The van der Waals surface area contributed by atoms with E-state index in [0.717, 1.165) is 41.2 Å². The van der Waals surface area contributed by atoms with E-state index in [1.165, 1.54) is 76.7 Å². The van der Waals surface area contributed by atoms with E-state index in [0.29, 0.717) is 6.04 Å². The van der Waals surface area contributed by atoms with Gasteiger partial charge in [-0.1, -0.05) is 43.9 Å². The maximum Gasteiger partial charge on any atom is 0.328 e. The first kappa shape index (κ1) is 21.1. The highest BCUT2D eigenvalue weighted by atomic mass is 16.4. The standard InChI is InChI=1S/C27H38N2O2/c1-28(26-11-3-2-8-21(26)12-13-27(30)31)24-17-22-9-5-10-23(18-24)29(22)25-15-19-6-4-7-20(14-19)16-25/h2-3,8,11-13,19-20,22-25H,4-7,9-10,14-18H2,1H3,(H,30,31)/b13-12+/t19-,20+,22-,23+,24+,25+. The topological polar surface area (TPSA) is 43.8 Å². The number of fused-ring (bicyclic) bond motifs is 4. The molecule has 1 N–H and O–H groups in total. The third-order valence-corrected chi connectivity index (χ3v) is 8.80. The molecule has 2 aliphatic carbocycles. The zero-order valence-corrected chi connectivity index (χ0v) is 19.0. The van der Waals surface area contributed by atoms with Gasteiger partial charge >= 0.3 is 5.97 Å². The fourth-order valence-corrected chi connectivity index (χ4v) is 7.55.